The lowest BCUT2D eigenvalue weighted by molar-refractivity contribution is -0.122. The van der Waals surface area contributed by atoms with E-state index >= 15 is 0 Å². The number of nitrogens with one attached hydrogen (secondary N) is 2. The van der Waals surface area contributed by atoms with Gasteiger partial charge in [-0.1, -0.05) is 24.3 Å². The molecule has 4 rings (SSSR count). The number of likely N-dealkylation sites (tertiary alicyclic amines) is 1. The van der Waals surface area contributed by atoms with Crippen LogP contribution in [0.4, 0.5) is 5.69 Å². The number of carbonyl (C=O) groups is 1. The molecule has 0 aliphatic carbocycles. The minimum absolute atomic E-state index is 0.144. The summed E-state index contributed by atoms with van der Waals surface area (Å²) in [6, 6.07) is 14.4. The standard InChI is InChI=1S/C21H26N4O/c26-20-14-21(24-19-8-2-1-6-17(19)15-23-20)9-5-12-25(13-10-21)16-18-7-3-4-11-22-18/h1-4,6-8,11,24H,5,9-10,12-16H2,(H,23,26)/t21-/m1/s1. The zero-order valence-electron chi connectivity index (χ0n) is 15.1. The first-order valence-electron chi connectivity index (χ1n) is 9.48. The summed E-state index contributed by atoms with van der Waals surface area (Å²) in [4.78, 5) is 19.3. The topological polar surface area (TPSA) is 57.3 Å². The summed E-state index contributed by atoms with van der Waals surface area (Å²) >= 11 is 0. The van der Waals surface area contributed by atoms with Crippen LogP contribution in [0, 0.1) is 0 Å². The highest BCUT2D eigenvalue weighted by atomic mass is 16.1. The minimum atomic E-state index is -0.167. The van der Waals surface area contributed by atoms with Crippen molar-refractivity contribution in [2.45, 2.75) is 44.3 Å². The minimum Gasteiger partial charge on any atom is -0.379 e. The zero-order chi connectivity index (χ0) is 17.8. The maximum atomic E-state index is 12.4. The number of hydrogen-bond acceptors (Lipinski definition) is 4. The fraction of sp³-hybridized carbons (Fsp3) is 0.429. The molecular formula is C21H26N4O. The Labute approximate surface area is 154 Å². The van der Waals surface area contributed by atoms with Gasteiger partial charge in [0.05, 0.1) is 5.69 Å². The highest BCUT2D eigenvalue weighted by Crippen LogP contribution is 2.33. The summed E-state index contributed by atoms with van der Waals surface area (Å²) in [5, 5.41) is 6.85. The van der Waals surface area contributed by atoms with E-state index in [-0.39, 0.29) is 11.4 Å². The average molecular weight is 350 g/mol. The molecule has 26 heavy (non-hydrogen) atoms. The Morgan fingerprint density at radius 3 is 2.85 bits per heavy atom. The molecule has 0 saturated carbocycles. The number of aromatic nitrogens is 1. The predicted octanol–water partition coefficient (Wildman–Crippen LogP) is 2.94. The van der Waals surface area contributed by atoms with Crippen molar-refractivity contribution < 1.29 is 4.79 Å². The van der Waals surface area contributed by atoms with Gasteiger partial charge in [-0.3, -0.25) is 14.7 Å². The Hall–Kier alpha value is -2.40. The Bertz CT molecular complexity index is 764. The van der Waals surface area contributed by atoms with E-state index in [0.29, 0.717) is 13.0 Å². The van der Waals surface area contributed by atoms with E-state index in [0.717, 1.165) is 55.8 Å². The van der Waals surface area contributed by atoms with Gasteiger partial charge in [-0.15, -0.1) is 0 Å². The molecule has 1 atom stereocenters. The summed E-state index contributed by atoms with van der Waals surface area (Å²) in [6.45, 7) is 3.49. The molecular weight excluding hydrogens is 324 g/mol. The zero-order valence-corrected chi connectivity index (χ0v) is 15.1. The van der Waals surface area contributed by atoms with E-state index in [2.05, 4.69) is 44.8 Å². The first kappa shape index (κ1) is 17.0. The van der Waals surface area contributed by atoms with Crippen molar-refractivity contribution in [2.24, 2.45) is 0 Å². The molecule has 0 unspecified atom stereocenters. The van der Waals surface area contributed by atoms with Crippen LogP contribution in [-0.2, 0) is 17.9 Å². The molecule has 3 heterocycles. The summed E-state index contributed by atoms with van der Waals surface area (Å²) in [6.07, 6.45) is 5.44. The monoisotopic (exact) mass is 350 g/mol. The molecule has 1 aromatic heterocycles. The molecule has 5 heteroatoms. The first-order chi connectivity index (χ1) is 12.7. The Kier molecular flexibility index (Phi) is 4.89. The molecule has 2 aromatic rings. The lowest BCUT2D eigenvalue weighted by Gasteiger charge is -2.37. The van der Waals surface area contributed by atoms with E-state index in [1.54, 1.807) is 0 Å². The van der Waals surface area contributed by atoms with Crippen LogP contribution in [0.1, 0.15) is 36.9 Å². The molecule has 5 nitrogen and oxygen atoms in total. The molecule has 136 valence electrons. The van der Waals surface area contributed by atoms with Gasteiger partial charge in [-0.25, -0.2) is 0 Å². The van der Waals surface area contributed by atoms with Gasteiger partial charge in [-0.2, -0.15) is 0 Å². The van der Waals surface area contributed by atoms with Crippen LogP contribution >= 0.6 is 0 Å². The van der Waals surface area contributed by atoms with Gasteiger partial charge in [-0.05, 0) is 49.6 Å². The Balaban J connectivity index is 1.51. The second-order valence-electron chi connectivity index (χ2n) is 7.47. The predicted molar refractivity (Wildman–Crippen MR) is 103 cm³/mol. The fourth-order valence-electron chi connectivity index (χ4n) is 4.12. The van der Waals surface area contributed by atoms with Crippen LogP contribution in [0.2, 0.25) is 0 Å². The van der Waals surface area contributed by atoms with Crippen molar-refractivity contribution in [3.05, 3.63) is 59.9 Å². The summed E-state index contributed by atoms with van der Waals surface area (Å²) < 4.78 is 0. The molecule has 1 fully saturated rings. The van der Waals surface area contributed by atoms with Gasteiger partial charge in [0.2, 0.25) is 5.91 Å². The summed E-state index contributed by atoms with van der Waals surface area (Å²) in [5.74, 6) is 0.144. The maximum Gasteiger partial charge on any atom is 0.222 e. The van der Waals surface area contributed by atoms with Crippen LogP contribution in [0.3, 0.4) is 0 Å². The lowest BCUT2D eigenvalue weighted by atomic mass is 9.85. The Morgan fingerprint density at radius 2 is 1.96 bits per heavy atom. The van der Waals surface area contributed by atoms with Gasteiger partial charge in [0.25, 0.3) is 0 Å². The summed E-state index contributed by atoms with van der Waals surface area (Å²) in [5.41, 5.74) is 3.26. The third-order valence-corrected chi connectivity index (χ3v) is 5.54. The van der Waals surface area contributed by atoms with E-state index in [9.17, 15) is 4.79 Å². The highest BCUT2D eigenvalue weighted by Gasteiger charge is 2.36. The van der Waals surface area contributed by atoms with Gasteiger partial charge in [0.15, 0.2) is 0 Å². The summed E-state index contributed by atoms with van der Waals surface area (Å²) in [7, 11) is 0. The van der Waals surface area contributed by atoms with Crippen molar-refractivity contribution in [3.63, 3.8) is 0 Å². The number of anilines is 1. The van der Waals surface area contributed by atoms with Crippen molar-refractivity contribution >= 4 is 11.6 Å². The molecule has 0 bridgehead atoms. The molecule has 2 N–H and O–H groups in total. The quantitative estimate of drug-likeness (QED) is 0.874. The van der Waals surface area contributed by atoms with Gasteiger partial charge in [0.1, 0.15) is 0 Å². The van der Waals surface area contributed by atoms with Crippen molar-refractivity contribution in [2.75, 3.05) is 18.4 Å². The Morgan fingerprint density at radius 1 is 1.08 bits per heavy atom. The van der Waals surface area contributed by atoms with Gasteiger partial charge < -0.3 is 10.6 Å². The lowest BCUT2D eigenvalue weighted by Crippen LogP contribution is -2.46. The third-order valence-electron chi connectivity index (χ3n) is 5.54. The first-order valence-corrected chi connectivity index (χ1v) is 9.48. The molecule has 1 saturated heterocycles. The smallest absolute Gasteiger partial charge is 0.222 e. The second kappa shape index (κ2) is 7.46. The van der Waals surface area contributed by atoms with Crippen molar-refractivity contribution in [1.82, 2.24) is 15.2 Å². The maximum absolute atomic E-state index is 12.4. The molecule has 2 aliphatic heterocycles. The number of nitrogens with zero attached hydrogens (tertiary/aromatic N) is 2. The van der Waals surface area contributed by atoms with E-state index in [1.165, 1.54) is 0 Å². The molecule has 1 amide bonds. The van der Waals surface area contributed by atoms with E-state index in [4.69, 9.17) is 0 Å². The van der Waals surface area contributed by atoms with E-state index < -0.39 is 0 Å². The van der Waals surface area contributed by atoms with Crippen LogP contribution in [-0.4, -0.2) is 34.4 Å². The molecule has 2 aliphatic rings. The van der Waals surface area contributed by atoms with Crippen LogP contribution in [0.15, 0.2) is 48.7 Å². The van der Waals surface area contributed by atoms with Gasteiger partial charge >= 0.3 is 0 Å². The molecule has 1 aromatic carbocycles. The number of fused-ring (bicyclic) bond motifs is 1. The SMILES string of the molecule is O=C1C[C@]2(CCCN(Cc3ccccn3)CC2)Nc2ccccc2CN1. The van der Waals surface area contributed by atoms with Crippen LogP contribution in [0.25, 0.3) is 0 Å². The largest absolute Gasteiger partial charge is 0.379 e. The number of carbonyl (C=O) groups excluding carboxylic acids is 1. The number of rotatable bonds is 2. The normalized spacial score (nSPS) is 23.9. The van der Waals surface area contributed by atoms with Crippen LogP contribution < -0.4 is 10.6 Å². The molecule has 0 radical (unpaired) electrons. The van der Waals surface area contributed by atoms with Crippen LogP contribution in [0.5, 0.6) is 0 Å². The number of benzene rings is 1. The number of amides is 1. The average Bonchev–Trinajstić information content (AvgIpc) is 2.83. The number of para-hydroxylation sites is 1. The number of pyridine rings is 1. The fourth-order valence-corrected chi connectivity index (χ4v) is 4.12. The third kappa shape index (κ3) is 3.88. The highest BCUT2D eigenvalue weighted by molar-refractivity contribution is 5.79. The number of hydrogen-bond donors (Lipinski definition) is 2. The van der Waals surface area contributed by atoms with Crippen molar-refractivity contribution in [3.8, 4) is 0 Å². The van der Waals surface area contributed by atoms with Gasteiger partial charge in [0, 0.05) is 43.5 Å². The van der Waals surface area contributed by atoms with Crippen molar-refractivity contribution in [1.29, 1.82) is 0 Å². The molecule has 1 spiro atoms. The second-order valence-corrected chi connectivity index (χ2v) is 7.47. The van der Waals surface area contributed by atoms with E-state index in [1.807, 2.05) is 24.4 Å².